The van der Waals surface area contributed by atoms with Crippen molar-refractivity contribution in [2.75, 3.05) is 6.61 Å². The second kappa shape index (κ2) is 7.56. The summed E-state index contributed by atoms with van der Waals surface area (Å²) in [4.78, 5) is 27.2. The van der Waals surface area contributed by atoms with Gasteiger partial charge < -0.3 is 4.74 Å². The van der Waals surface area contributed by atoms with E-state index in [1.54, 1.807) is 24.4 Å². The number of carbonyl (C=O) groups excluding carboxylic acids is 2. The first-order valence-electron chi connectivity index (χ1n) is 6.44. The molecule has 6 nitrogen and oxygen atoms in total. The van der Waals surface area contributed by atoms with Crippen LogP contribution in [0.3, 0.4) is 0 Å². The molecule has 0 atom stereocenters. The molecule has 114 valence electrons. The number of amides is 2. The number of aromatic nitrogens is 1. The number of carbonyl (C=O) groups is 2. The standard InChI is InChI=1S/C15H14BrN3O3/c1-10-4-5-13(12(16)7-10)22-9-14(20)18-19-15(21)11-3-2-6-17-8-11/h2-8H,9H2,1H3,(H,18,20)(H,19,21). The van der Waals surface area contributed by atoms with Crippen molar-refractivity contribution in [3.63, 3.8) is 0 Å². The topological polar surface area (TPSA) is 80.3 Å². The van der Waals surface area contributed by atoms with Gasteiger partial charge in [0.1, 0.15) is 5.75 Å². The molecule has 0 saturated heterocycles. The molecule has 2 aromatic rings. The average Bonchev–Trinajstić information content (AvgIpc) is 2.52. The van der Waals surface area contributed by atoms with E-state index >= 15 is 0 Å². The highest BCUT2D eigenvalue weighted by Crippen LogP contribution is 2.25. The first kappa shape index (κ1) is 16.0. The molecule has 0 aliphatic heterocycles. The van der Waals surface area contributed by atoms with E-state index in [9.17, 15) is 9.59 Å². The van der Waals surface area contributed by atoms with Gasteiger partial charge in [-0.2, -0.15) is 0 Å². The number of nitrogens with one attached hydrogen (secondary N) is 2. The molecular formula is C15H14BrN3O3. The van der Waals surface area contributed by atoms with E-state index in [2.05, 4.69) is 31.8 Å². The van der Waals surface area contributed by atoms with Crippen LogP contribution in [0.15, 0.2) is 47.2 Å². The Balaban J connectivity index is 1.80. The molecule has 0 fully saturated rings. The Morgan fingerprint density at radius 2 is 2.09 bits per heavy atom. The molecule has 7 heteroatoms. The monoisotopic (exact) mass is 363 g/mol. The van der Waals surface area contributed by atoms with Crippen LogP contribution in [0.1, 0.15) is 15.9 Å². The Bertz CT molecular complexity index is 677. The summed E-state index contributed by atoms with van der Waals surface area (Å²) in [6.45, 7) is 1.74. The highest BCUT2D eigenvalue weighted by Gasteiger charge is 2.08. The lowest BCUT2D eigenvalue weighted by molar-refractivity contribution is -0.123. The van der Waals surface area contributed by atoms with Gasteiger partial charge in [-0.05, 0) is 52.7 Å². The second-order valence-corrected chi connectivity index (χ2v) is 5.32. The van der Waals surface area contributed by atoms with Crippen LogP contribution in [0, 0.1) is 6.92 Å². The van der Waals surface area contributed by atoms with Crippen LogP contribution < -0.4 is 15.6 Å². The normalized spacial score (nSPS) is 9.91. The van der Waals surface area contributed by atoms with Gasteiger partial charge in [0.15, 0.2) is 6.61 Å². The zero-order valence-electron chi connectivity index (χ0n) is 11.8. The minimum atomic E-state index is -0.468. The fraction of sp³-hybridized carbons (Fsp3) is 0.133. The fourth-order valence-electron chi connectivity index (χ4n) is 1.60. The van der Waals surface area contributed by atoms with Crippen molar-refractivity contribution in [2.24, 2.45) is 0 Å². The summed E-state index contributed by atoms with van der Waals surface area (Å²) in [6, 6.07) is 8.75. The van der Waals surface area contributed by atoms with Crippen LogP contribution in [0.4, 0.5) is 0 Å². The van der Waals surface area contributed by atoms with Crippen molar-refractivity contribution in [1.82, 2.24) is 15.8 Å². The van der Waals surface area contributed by atoms with Gasteiger partial charge in [-0.25, -0.2) is 0 Å². The van der Waals surface area contributed by atoms with Gasteiger partial charge >= 0.3 is 0 Å². The van der Waals surface area contributed by atoms with Gasteiger partial charge in [0.2, 0.25) is 0 Å². The largest absolute Gasteiger partial charge is 0.483 e. The molecule has 0 spiro atoms. The number of hydrogen-bond donors (Lipinski definition) is 2. The van der Waals surface area contributed by atoms with Crippen molar-refractivity contribution in [3.05, 3.63) is 58.3 Å². The number of nitrogens with zero attached hydrogens (tertiary/aromatic N) is 1. The molecule has 2 rings (SSSR count). The van der Waals surface area contributed by atoms with Crippen LogP contribution in [0.25, 0.3) is 0 Å². The average molecular weight is 364 g/mol. The van der Waals surface area contributed by atoms with E-state index < -0.39 is 11.8 Å². The molecule has 0 aliphatic carbocycles. The quantitative estimate of drug-likeness (QED) is 0.814. The zero-order chi connectivity index (χ0) is 15.9. The molecule has 0 saturated carbocycles. The Morgan fingerprint density at radius 3 is 2.77 bits per heavy atom. The summed E-state index contributed by atoms with van der Waals surface area (Å²) < 4.78 is 6.13. The zero-order valence-corrected chi connectivity index (χ0v) is 13.4. The van der Waals surface area contributed by atoms with Crippen molar-refractivity contribution in [3.8, 4) is 5.75 Å². The molecule has 22 heavy (non-hydrogen) atoms. The van der Waals surface area contributed by atoms with E-state index in [0.29, 0.717) is 11.3 Å². The number of hydrogen-bond acceptors (Lipinski definition) is 4. The number of halogens is 1. The first-order chi connectivity index (χ1) is 10.6. The van der Waals surface area contributed by atoms with Gasteiger partial charge in [-0.1, -0.05) is 6.07 Å². The summed E-state index contributed by atoms with van der Waals surface area (Å²) in [5.41, 5.74) is 5.99. The molecule has 0 radical (unpaired) electrons. The smallest absolute Gasteiger partial charge is 0.276 e. The molecule has 0 bridgehead atoms. The fourth-order valence-corrected chi connectivity index (χ4v) is 2.21. The third-order valence-corrected chi connectivity index (χ3v) is 3.31. The van der Waals surface area contributed by atoms with E-state index in [0.717, 1.165) is 10.0 Å². The number of hydrazine groups is 1. The van der Waals surface area contributed by atoms with Crippen LogP contribution in [-0.4, -0.2) is 23.4 Å². The molecule has 0 unspecified atom stereocenters. The summed E-state index contributed by atoms with van der Waals surface area (Å²) in [7, 11) is 0. The van der Waals surface area contributed by atoms with Crippen LogP contribution >= 0.6 is 15.9 Å². The Kier molecular flexibility index (Phi) is 5.48. The molecule has 2 N–H and O–H groups in total. The number of benzene rings is 1. The van der Waals surface area contributed by atoms with E-state index in [1.165, 1.54) is 6.20 Å². The molecule has 0 aliphatic rings. The number of pyridine rings is 1. The molecular weight excluding hydrogens is 350 g/mol. The minimum absolute atomic E-state index is 0.213. The molecule has 1 heterocycles. The van der Waals surface area contributed by atoms with Crippen molar-refractivity contribution < 1.29 is 14.3 Å². The molecule has 1 aromatic carbocycles. The highest BCUT2D eigenvalue weighted by atomic mass is 79.9. The van der Waals surface area contributed by atoms with E-state index in [1.807, 2.05) is 19.1 Å². The highest BCUT2D eigenvalue weighted by molar-refractivity contribution is 9.10. The Hall–Kier alpha value is -2.41. The third-order valence-electron chi connectivity index (χ3n) is 2.69. The van der Waals surface area contributed by atoms with Crippen LogP contribution in [0.5, 0.6) is 5.75 Å². The first-order valence-corrected chi connectivity index (χ1v) is 7.24. The maximum absolute atomic E-state index is 11.7. The van der Waals surface area contributed by atoms with Gasteiger partial charge in [0.25, 0.3) is 11.8 Å². The van der Waals surface area contributed by atoms with Gasteiger partial charge in [0.05, 0.1) is 10.0 Å². The lowest BCUT2D eigenvalue weighted by atomic mass is 10.2. The predicted molar refractivity (Wildman–Crippen MR) is 84.2 cm³/mol. The van der Waals surface area contributed by atoms with E-state index in [4.69, 9.17) is 4.74 Å². The lowest BCUT2D eigenvalue weighted by Gasteiger charge is -2.10. The Labute approximate surface area is 136 Å². The summed E-state index contributed by atoms with van der Waals surface area (Å²) in [6.07, 6.45) is 2.96. The second-order valence-electron chi connectivity index (χ2n) is 4.47. The minimum Gasteiger partial charge on any atom is -0.483 e. The van der Waals surface area contributed by atoms with Crippen molar-refractivity contribution in [2.45, 2.75) is 6.92 Å². The summed E-state index contributed by atoms with van der Waals surface area (Å²) in [5.74, 6) is -0.359. The molecule has 2 amide bonds. The summed E-state index contributed by atoms with van der Waals surface area (Å²) >= 11 is 3.36. The third kappa shape index (κ3) is 4.56. The van der Waals surface area contributed by atoms with E-state index in [-0.39, 0.29) is 6.61 Å². The van der Waals surface area contributed by atoms with Crippen LogP contribution in [0.2, 0.25) is 0 Å². The van der Waals surface area contributed by atoms with Crippen molar-refractivity contribution >= 4 is 27.7 Å². The van der Waals surface area contributed by atoms with Gasteiger partial charge in [-0.15, -0.1) is 0 Å². The predicted octanol–water partition coefficient (Wildman–Crippen LogP) is 1.99. The maximum Gasteiger partial charge on any atom is 0.276 e. The molecule has 1 aromatic heterocycles. The van der Waals surface area contributed by atoms with Crippen LogP contribution in [-0.2, 0) is 4.79 Å². The summed E-state index contributed by atoms with van der Waals surface area (Å²) in [5, 5.41) is 0. The SMILES string of the molecule is Cc1ccc(OCC(=O)NNC(=O)c2cccnc2)c(Br)c1. The number of rotatable bonds is 4. The maximum atomic E-state index is 11.7. The Morgan fingerprint density at radius 1 is 1.27 bits per heavy atom. The number of aryl methyl sites for hydroxylation is 1. The lowest BCUT2D eigenvalue weighted by Crippen LogP contribution is -2.43. The van der Waals surface area contributed by atoms with Gasteiger partial charge in [0, 0.05) is 12.4 Å². The van der Waals surface area contributed by atoms with Crippen molar-refractivity contribution in [1.29, 1.82) is 0 Å². The van der Waals surface area contributed by atoms with Gasteiger partial charge in [-0.3, -0.25) is 25.4 Å². The number of ether oxygens (including phenoxy) is 1.